The van der Waals surface area contributed by atoms with Gasteiger partial charge in [-0.2, -0.15) is 22.0 Å². The van der Waals surface area contributed by atoms with Crippen LogP contribution in [0.5, 0.6) is 5.75 Å². The quantitative estimate of drug-likeness (QED) is 0.256. The molecule has 248 valence electrons. The number of hydrogen-bond acceptors (Lipinski definition) is 9. The summed E-state index contributed by atoms with van der Waals surface area (Å²) in [5, 5.41) is 6.89. The average molecular weight is 647 g/mol. The second-order valence-corrected chi connectivity index (χ2v) is 9.72. The lowest BCUT2D eigenvalue weighted by Gasteiger charge is -2.37. The van der Waals surface area contributed by atoms with Gasteiger partial charge in [-0.05, 0) is 61.9 Å². The van der Waals surface area contributed by atoms with Gasteiger partial charge in [0.2, 0.25) is 6.29 Å². The number of nitrogens with one attached hydrogen (secondary N) is 1. The standard InChI is InChI=1S/C25H25F5N4O6.C4H10O/c1-14-19(36-2)12-20(37-3)22(38-14)39-23(35)32-16-6-4-15(5-7-16)21-31-13-34(33-21)17-8-10-18(11-9-17)40-25(29,30)24(26,27)28;1-3-4-5-2/h4-11,13-14,19-20,22H,12H2,1-3H3,(H,32,35);3-4H2,1-2H3/t14-,19?,20+,22?;/m0./s1. The van der Waals surface area contributed by atoms with Crippen molar-refractivity contribution in [3.05, 3.63) is 54.9 Å². The molecule has 0 aliphatic carbocycles. The number of aromatic nitrogens is 3. The number of rotatable bonds is 10. The molecule has 16 heteroatoms. The van der Waals surface area contributed by atoms with E-state index in [1.165, 1.54) is 30.3 Å². The molecule has 4 rings (SSSR count). The van der Waals surface area contributed by atoms with Crippen LogP contribution in [-0.2, 0) is 23.7 Å². The molecule has 3 aromatic rings. The van der Waals surface area contributed by atoms with Crippen LogP contribution in [0.1, 0.15) is 26.7 Å². The molecule has 1 saturated heterocycles. The third kappa shape index (κ3) is 9.81. The fourth-order valence-electron chi connectivity index (χ4n) is 4.07. The Hall–Kier alpha value is -3.86. The first-order chi connectivity index (χ1) is 21.3. The highest BCUT2D eigenvalue weighted by molar-refractivity contribution is 5.85. The van der Waals surface area contributed by atoms with E-state index in [-0.39, 0.29) is 12.2 Å². The Balaban J connectivity index is 0.00000102. The molecule has 0 radical (unpaired) electrons. The minimum atomic E-state index is -5.85. The second kappa shape index (κ2) is 15.9. The number of hydrogen-bond donors (Lipinski definition) is 1. The summed E-state index contributed by atoms with van der Waals surface area (Å²) in [5.74, 6) is -0.382. The Morgan fingerprint density at radius 2 is 1.64 bits per heavy atom. The van der Waals surface area contributed by atoms with Crippen molar-refractivity contribution >= 4 is 11.8 Å². The molecule has 11 nitrogen and oxygen atoms in total. The summed E-state index contributed by atoms with van der Waals surface area (Å²) >= 11 is 0. The minimum absolute atomic E-state index is 0.192. The van der Waals surface area contributed by atoms with Crippen LogP contribution < -0.4 is 10.1 Å². The molecule has 2 unspecified atom stereocenters. The Bertz CT molecular complexity index is 1340. The molecule has 2 heterocycles. The van der Waals surface area contributed by atoms with Crippen LogP contribution in [0.4, 0.5) is 32.4 Å². The van der Waals surface area contributed by atoms with Crippen LogP contribution in [0.2, 0.25) is 0 Å². The summed E-state index contributed by atoms with van der Waals surface area (Å²) in [6, 6.07) is 10.9. The topological polar surface area (TPSA) is 115 Å². The van der Waals surface area contributed by atoms with Gasteiger partial charge in [0.25, 0.3) is 0 Å². The second-order valence-electron chi connectivity index (χ2n) is 9.72. The van der Waals surface area contributed by atoms with Crippen molar-refractivity contribution in [1.29, 1.82) is 0 Å². The average Bonchev–Trinajstić information content (AvgIpc) is 3.48. The predicted octanol–water partition coefficient (Wildman–Crippen LogP) is 6.22. The van der Waals surface area contributed by atoms with E-state index in [1.807, 2.05) is 6.92 Å². The van der Waals surface area contributed by atoms with Crippen molar-refractivity contribution in [1.82, 2.24) is 14.8 Å². The lowest BCUT2D eigenvalue weighted by molar-refractivity contribution is -0.360. The lowest BCUT2D eigenvalue weighted by Crippen LogP contribution is -2.49. The van der Waals surface area contributed by atoms with Crippen molar-refractivity contribution in [2.24, 2.45) is 0 Å². The molecule has 1 amide bonds. The van der Waals surface area contributed by atoms with Crippen LogP contribution in [0.3, 0.4) is 0 Å². The number of methoxy groups -OCH3 is 3. The molecular weight excluding hydrogens is 611 g/mol. The number of anilines is 1. The Kier molecular flexibility index (Phi) is 12.6. The normalized spacial score (nSPS) is 20.1. The van der Waals surface area contributed by atoms with Gasteiger partial charge < -0.3 is 28.4 Å². The number of ether oxygens (including phenoxy) is 6. The van der Waals surface area contributed by atoms with E-state index < -0.39 is 36.5 Å². The lowest BCUT2D eigenvalue weighted by atomic mass is 10.0. The Morgan fingerprint density at radius 1 is 1.00 bits per heavy atom. The van der Waals surface area contributed by atoms with E-state index >= 15 is 0 Å². The fourth-order valence-corrected chi connectivity index (χ4v) is 4.07. The van der Waals surface area contributed by atoms with E-state index in [9.17, 15) is 26.7 Å². The molecule has 1 aliphatic heterocycles. The van der Waals surface area contributed by atoms with Crippen molar-refractivity contribution < 1.29 is 55.2 Å². The first-order valence-corrected chi connectivity index (χ1v) is 13.8. The third-order valence-corrected chi connectivity index (χ3v) is 6.44. The Labute approximate surface area is 256 Å². The number of amides is 1. The number of nitrogens with zero attached hydrogens (tertiary/aromatic N) is 3. The summed E-state index contributed by atoms with van der Waals surface area (Å²) in [6.07, 6.45) is -10.9. The van der Waals surface area contributed by atoms with Crippen molar-refractivity contribution in [2.75, 3.05) is 33.3 Å². The monoisotopic (exact) mass is 646 g/mol. The maximum atomic E-state index is 13.1. The summed E-state index contributed by atoms with van der Waals surface area (Å²) < 4.78 is 94.8. The van der Waals surface area contributed by atoms with Gasteiger partial charge in [0.1, 0.15) is 18.2 Å². The molecule has 1 fully saturated rings. The summed E-state index contributed by atoms with van der Waals surface area (Å²) in [7, 11) is 4.77. The molecule has 1 aliphatic rings. The summed E-state index contributed by atoms with van der Waals surface area (Å²) in [4.78, 5) is 16.6. The number of halogens is 5. The number of benzene rings is 2. The smallest absolute Gasteiger partial charge is 0.426 e. The van der Waals surface area contributed by atoms with Gasteiger partial charge in [-0.15, -0.1) is 5.10 Å². The van der Waals surface area contributed by atoms with E-state index in [0.29, 0.717) is 29.2 Å². The van der Waals surface area contributed by atoms with E-state index in [4.69, 9.17) is 23.7 Å². The maximum Gasteiger partial charge on any atom is 0.499 e. The molecule has 45 heavy (non-hydrogen) atoms. The minimum Gasteiger partial charge on any atom is -0.426 e. The highest BCUT2D eigenvalue weighted by Crippen LogP contribution is 2.37. The van der Waals surface area contributed by atoms with Crippen molar-refractivity contribution in [3.8, 4) is 22.8 Å². The van der Waals surface area contributed by atoms with E-state index in [2.05, 4.69) is 27.1 Å². The van der Waals surface area contributed by atoms with Crippen molar-refractivity contribution in [2.45, 2.75) is 63.6 Å². The zero-order valence-electron chi connectivity index (χ0n) is 25.2. The van der Waals surface area contributed by atoms with E-state index in [0.717, 1.165) is 25.2 Å². The molecule has 1 aromatic heterocycles. The van der Waals surface area contributed by atoms with Crippen LogP contribution in [0, 0.1) is 0 Å². The SMILES string of the molecule is CCCOC.COC1C[C@@H](OC)C(OC(=O)Nc2ccc(-c3ncn(-c4ccc(OC(F)(F)C(F)(F)F)cc4)n3)cc2)O[C@H]1C. The number of carbonyl (C=O) groups is 1. The maximum absolute atomic E-state index is 13.1. The third-order valence-electron chi connectivity index (χ3n) is 6.44. The molecule has 1 N–H and O–H groups in total. The van der Waals surface area contributed by atoms with E-state index in [1.54, 1.807) is 38.5 Å². The van der Waals surface area contributed by atoms with Gasteiger partial charge in [0, 0.05) is 45.6 Å². The zero-order chi connectivity index (χ0) is 33.2. The largest absolute Gasteiger partial charge is 0.499 e. The summed E-state index contributed by atoms with van der Waals surface area (Å²) in [5.41, 5.74) is 1.34. The predicted molar refractivity (Wildman–Crippen MR) is 151 cm³/mol. The van der Waals surface area contributed by atoms with Crippen LogP contribution in [-0.4, -0.2) is 85.7 Å². The highest BCUT2D eigenvalue weighted by Gasteiger charge is 2.61. The molecule has 4 atom stereocenters. The first kappa shape index (κ1) is 35.6. The summed E-state index contributed by atoms with van der Waals surface area (Å²) in [6.45, 7) is 4.79. The molecule has 2 aromatic carbocycles. The van der Waals surface area contributed by atoms with Gasteiger partial charge in [-0.1, -0.05) is 6.92 Å². The van der Waals surface area contributed by atoms with Gasteiger partial charge in [0.15, 0.2) is 5.82 Å². The van der Waals surface area contributed by atoms with Gasteiger partial charge in [-0.3, -0.25) is 5.32 Å². The fraction of sp³-hybridized carbons (Fsp3) is 0.483. The van der Waals surface area contributed by atoms with Crippen molar-refractivity contribution in [3.63, 3.8) is 0 Å². The highest BCUT2D eigenvalue weighted by atomic mass is 19.4. The number of alkyl halides is 5. The van der Waals surface area contributed by atoms with Crippen LogP contribution in [0.25, 0.3) is 17.1 Å². The van der Waals surface area contributed by atoms with Gasteiger partial charge in [0.05, 0.1) is 17.9 Å². The molecule has 0 bridgehead atoms. The molecule has 0 saturated carbocycles. The van der Waals surface area contributed by atoms with Crippen LogP contribution in [0.15, 0.2) is 54.9 Å². The van der Waals surface area contributed by atoms with Crippen LogP contribution >= 0.6 is 0 Å². The first-order valence-electron chi connectivity index (χ1n) is 13.8. The molecule has 0 spiro atoms. The Morgan fingerprint density at radius 3 is 2.18 bits per heavy atom. The van der Waals surface area contributed by atoms with Gasteiger partial charge >= 0.3 is 18.4 Å². The van der Waals surface area contributed by atoms with Gasteiger partial charge in [-0.25, -0.2) is 14.5 Å². The molecular formula is C29H35F5N4O7. The number of carbonyl (C=O) groups excluding carboxylic acids is 1. The zero-order valence-corrected chi connectivity index (χ0v) is 25.2.